The standard InChI is InChI=1S/C12H14F3NO/c13-12(14,15)9-3-1-2-8(6-9)11-5-4-10(17)7-16-11/h1-3,6,10-11,16-17H,4-5,7H2. The van der Waals surface area contributed by atoms with Crippen LogP contribution in [0.2, 0.25) is 0 Å². The van der Waals surface area contributed by atoms with Gasteiger partial charge < -0.3 is 10.4 Å². The Morgan fingerprint density at radius 3 is 2.59 bits per heavy atom. The quantitative estimate of drug-likeness (QED) is 0.796. The van der Waals surface area contributed by atoms with Crippen LogP contribution in [0.4, 0.5) is 13.2 Å². The molecule has 0 bridgehead atoms. The van der Waals surface area contributed by atoms with Gasteiger partial charge in [0.25, 0.3) is 0 Å². The molecule has 2 unspecified atom stereocenters. The Balaban J connectivity index is 2.16. The van der Waals surface area contributed by atoms with E-state index in [0.29, 0.717) is 24.9 Å². The summed E-state index contributed by atoms with van der Waals surface area (Å²) in [6, 6.07) is 5.26. The topological polar surface area (TPSA) is 32.3 Å². The highest BCUT2D eigenvalue weighted by Crippen LogP contribution is 2.32. The first-order valence-corrected chi connectivity index (χ1v) is 5.55. The number of rotatable bonds is 1. The van der Waals surface area contributed by atoms with Gasteiger partial charge in [-0.05, 0) is 30.5 Å². The number of β-amino-alcohol motifs (C(OH)–C–C–N with tert-alkyl or cyclic N) is 1. The minimum absolute atomic E-state index is 0.0966. The summed E-state index contributed by atoms with van der Waals surface area (Å²) in [5.74, 6) is 0. The van der Waals surface area contributed by atoms with E-state index >= 15 is 0 Å². The van der Waals surface area contributed by atoms with Crippen molar-refractivity contribution in [1.82, 2.24) is 5.32 Å². The molecule has 2 nitrogen and oxygen atoms in total. The zero-order chi connectivity index (χ0) is 12.5. The van der Waals surface area contributed by atoms with E-state index in [1.54, 1.807) is 6.07 Å². The molecule has 17 heavy (non-hydrogen) atoms. The summed E-state index contributed by atoms with van der Waals surface area (Å²) in [6.45, 7) is 0.431. The monoisotopic (exact) mass is 245 g/mol. The van der Waals surface area contributed by atoms with Crippen molar-refractivity contribution in [3.8, 4) is 0 Å². The van der Waals surface area contributed by atoms with Gasteiger partial charge in [-0.15, -0.1) is 0 Å². The number of piperidine rings is 1. The fraction of sp³-hybridized carbons (Fsp3) is 0.500. The lowest BCUT2D eigenvalue weighted by Crippen LogP contribution is -2.36. The third kappa shape index (κ3) is 2.98. The van der Waals surface area contributed by atoms with Crippen molar-refractivity contribution >= 4 is 0 Å². The van der Waals surface area contributed by atoms with Gasteiger partial charge in [-0.2, -0.15) is 13.2 Å². The van der Waals surface area contributed by atoms with E-state index in [1.165, 1.54) is 12.1 Å². The fourth-order valence-electron chi connectivity index (χ4n) is 2.06. The number of alkyl halides is 3. The zero-order valence-electron chi connectivity index (χ0n) is 9.17. The lowest BCUT2D eigenvalue weighted by atomic mass is 9.95. The second-order valence-corrected chi connectivity index (χ2v) is 4.32. The molecule has 1 saturated heterocycles. The van der Waals surface area contributed by atoms with Crippen LogP contribution in [-0.4, -0.2) is 17.8 Å². The van der Waals surface area contributed by atoms with Crippen LogP contribution < -0.4 is 5.32 Å². The average Bonchev–Trinajstić information content (AvgIpc) is 2.29. The number of benzene rings is 1. The molecule has 2 atom stereocenters. The van der Waals surface area contributed by atoms with Gasteiger partial charge in [0.1, 0.15) is 0 Å². The van der Waals surface area contributed by atoms with Crippen molar-refractivity contribution in [2.75, 3.05) is 6.54 Å². The normalized spacial score (nSPS) is 25.9. The molecule has 1 aliphatic heterocycles. The van der Waals surface area contributed by atoms with Crippen LogP contribution >= 0.6 is 0 Å². The first-order chi connectivity index (χ1) is 7.97. The predicted octanol–water partition coefficient (Wildman–Crippen LogP) is 2.49. The van der Waals surface area contributed by atoms with Crippen LogP contribution in [0.25, 0.3) is 0 Å². The maximum Gasteiger partial charge on any atom is 0.416 e. The summed E-state index contributed by atoms with van der Waals surface area (Å²) in [6.07, 6.45) is -3.42. The smallest absolute Gasteiger partial charge is 0.392 e. The Kier molecular flexibility index (Phi) is 3.40. The number of nitrogens with one attached hydrogen (secondary N) is 1. The average molecular weight is 245 g/mol. The molecule has 1 aromatic carbocycles. The van der Waals surface area contributed by atoms with E-state index < -0.39 is 17.8 Å². The van der Waals surface area contributed by atoms with Crippen molar-refractivity contribution in [3.63, 3.8) is 0 Å². The fourth-order valence-corrected chi connectivity index (χ4v) is 2.06. The molecule has 2 rings (SSSR count). The Morgan fingerprint density at radius 1 is 1.24 bits per heavy atom. The van der Waals surface area contributed by atoms with E-state index in [4.69, 9.17) is 0 Å². The molecule has 1 aromatic rings. The Bertz CT molecular complexity index is 384. The maximum atomic E-state index is 12.5. The van der Waals surface area contributed by atoms with E-state index in [-0.39, 0.29) is 6.04 Å². The molecule has 0 radical (unpaired) electrons. The van der Waals surface area contributed by atoms with Gasteiger partial charge in [0.05, 0.1) is 11.7 Å². The van der Waals surface area contributed by atoms with Crippen molar-refractivity contribution < 1.29 is 18.3 Å². The minimum Gasteiger partial charge on any atom is -0.392 e. The second kappa shape index (κ2) is 4.66. The van der Waals surface area contributed by atoms with Gasteiger partial charge in [-0.25, -0.2) is 0 Å². The van der Waals surface area contributed by atoms with Crippen LogP contribution in [0.15, 0.2) is 24.3 Å². The second-order valence-electron chi connectivity index (χ2n) is 4.32. The summed E-state index contributed by atoms with van der Waals surface area (Å²) in [7, 11) is 0. The lowest BCUT2D eigenvalue weighted by Gasteiger charge is -2.27. The third-order valence-corrected chi connectivity index (χ3v) is 3.00. The predicted molar refractivity (Wildman–Crippen MR) is 57.4 cm³/mol. The van der Waals surface area contributed by atoms with Crippen LogP contribution in [-0.2, 0) is 6.18 Å². The molecular formula is C12H14F3NO. The number of halogens is 3. The molecule has 0 aliphatic carbocycles. The van der Waals surface area contributed by atoms with Gasteiger partial charge >= 0.3 is 6.18 Å². The van der Waals surface area contributed by atoms with Crippen molar-refractivity contribution in [2.45, 2.75) is 31.2 Å². The summed E-state index contributed by atoms with van der Waals surface area (Å²) in [4.78, 5) is 0. The Hall–Kier alpha value is -1.07. The summed E-state index contributed by atoms with van der Waals surface area (Å²) < 4.78 is 37.6. The molecule has 2 N–H and O–H groups in total. The van der Waals surface area contributed by atoms with Crippen LogP contribution in [0.1, 0.15) is 30.0 Å². The minimum atomic E-state index is -4.30. The van der Waals surface area contributed by atoms with Crippen LogP contribution in [0.5, 0.6) is 0 Å². The van der Waals surface area contributed by atoms with Crippen molar-refractivity contribution in [1.29, 1.82) is 0 Å². The van der Waals surface area contributed by atoms with Crippen LogP contribution in [0.3, 0.4) is 0 Å². The van der Waals surface area contributed by atoms with Crippen LogP contribution in [0, 0.1) is 0 Å². The molecule has 1 aliphatic rings. The summed E-state index contributed by atoms with van der Waals surface area (Å²) >= 11 is 0. The molecule has 0 spiro atoms. The first-order valence-electron chi connectivity index (χ1n) is 5.55. The van der Waals surface area contributed by atoms with E-state index in [9.17, 15) is 18.3 Å². The Labute approximate surface area is 97.5 Å². The number of hydrogen-bond acceptors (Lipinski definition) is 2. The van der Waals surface area contributed by atoms with E-state index in [1.807, 2.05) is 0 Å². The van der Waals surface area contributed by atoms with Gasteiger partial charge in [0, 0.05) is 12.6 Å². The highest BCUT2D eigenvalue weighted by atomic mass is 19.4. The maximum absolute atomic E-state index is 12.5. The van der Waals surface area contributed by atoms with Gasteiger partial charge in [-0.3, -0.25) is 0 Å². The van der Waals surface area contributed by atoms with E-state index in [0.717, 1.165) is 6.07 Å². The number of hydrogen-bond donors (Lipinski definition) is 2. The summed E-state index contributed by atoms with van der Waals surface area (Å²) in [5.41, 5.74) is 0.00893. The molecule has 1 fully saturated rings. The molecule has 1 heterocycles. The third-order valence-electron chi connectivity index (χ3n) is 3.00. The molecular weight excluding hydrogens is 231 g/mol. The van der Waals surface area contributed by atoms with Crippen molar-refractivity contribution in [3.05, 3.63) is 35.4 Å². The first kappa shape index (κ1) is 12.4. The van der Waals surface area contributed by atoms with Gasteiger partial charge in [-0.1, -0.05) is 12.1 Å². The highest BCUT2D eigenvalue weighted by molar-refractivity contribution is 5.28. The van der Waals surface area contributed by atoms with Gasteiger partial charge in [0.2, 0.25) is 0 Å². The largest absolute Gasteiger partial charge is 0.416 e. The molecule has 0 saturated carbocycles. The zero-order valence-corrected chi connectivity index (χ0v) is 9.17. The molecule has 0 aromatic heterocycles. The molecule has 5 heteroatoms. The van der Waals surface area contributed by atoms with Gasteiger partial charge in [0.15, 0.2) is 0 Å². The Morgan fingerprint density at radius 2 is 2.00 bits per heavy atom. The van der Waals surface area contributed by atoms with Crippen molar-refractivity contribution in [2.24, 2.45) is 0 Å². The molecule has 94 valence electrons. The van der Waals surface area contributed by atoms with E-state index in [2.05, 4.69) is 5.32 Å². The summed E-state index contributed by atoms with van der Waals surface area (Å²) in [5, 5.41) is 12.4. The number of aliphatic hydroxyl groups excluding tert-OH is 1. The number of aliphatic hydroxyl groups is 1. The molecule has 0 amide bonds. The highest BCUT2D eigenvalue weighted by Gasteiger charge is 2.31. The SMILES string of the molecule is OC1CCC(c2cccc(C(F)(F)F)c2)NC1. The lowest BCUT2D eigenvalue weighted by molar-refractivity contribution is -0.137.